The molecule has 174 valence electrons. The number of aromatic amines is 2. The zero-order valence-electron chi connectivity index (χ0n) is 19.3. The van der Waals surface area contributed by atoms with Gasteiger partial charge < -0.3 is 14.6 Å². The van der Waals surface area contributed by atoms with Crippen LogP contribution in [0.15, 0.2) is 65.6 Å². The first-order valence-electron chi connectivity index (χ1n) is 11.3. The van der Waals surface area contributed by atoms with Gasteiger partial charge in [0.25, 0.3) is 0 Å². The van der Waals surface area contributed by atoms with Crippen LogP contribution in [-0.2, 0) is 0 Å². The number of likely N-dealkylation sites (N-methyl/N-ethyl adjacent to an activating group) is 1. The van der Waals surface area contributed by atoms with E-state index in [1.807, 2.05) is 44.4 Å². The Bertz CT molecular complexity index is 1620. The van der Waals surface area contributed by atoms with Crippen LogP contribution in [0.3, 0.4) is 0 Å². The van der Waals surface area contributed by atoms with E-state index in [9.17, 15) is 0 Å². The highest BCUT2D eigenvalue weighted by Crippen LogP contribution is 2.32. The monoisotopic (exact) mass is 481 g/mol. The van der Waals surface area contributed by atoms with E-state index in [-0.39, 0.29) is 0 Å². The molecule has 35 heavy (non-hydrogen) atoms. The summed E-state index contributed by atoms with van der Waals surface area (Å²) < 4.78 is 5.86. The van der Waals surface area contributed by atoms with Crippen molar-refractivity contribution in [2.75, 3.05) is 27.2 Å². The molecule has 5 aromatic heterocycles. The molecular formula is C26H23N7OS. The molecule has 0 atom stereocenters. The second-order valence-corrected chi connectivity index (χ2v) is 9.31. The van der Waals surface area contributed by atoms with Crippen LogP contribution >= 0.6 is 11.3 Å². The Morgan fingerprint density at radius 3 is 2.77 bits per heavy atom. The fraction of sp³-hybridized carbons (Fsp3) is 0.154. The second kappa shape index (κ2) is 8.94. The number of pyridine rings is 2. The van der Waals surface area contributed by atoms with Crippen LogP contribution < -0.4 is 4.74 Å². The zero-order chi connectivity index (χ0) is 23.8. The third-order valence-corrected chi connectivity index (χ3v) is 6.48. The van der Waals surface area contributed by atoms with Gasteiger partial charge in [-0.15, -0.1) is 0 Å². The molecule has 0 unspecified atom stereocenters. The number of rotatable bonds is 7. The van der Waals surface area contributed by atoms with Gasteiger partial charge in [-0.3, -0.25) is 10.1 Å². The molecule has 0 radical (unpaired) electrons. The van der Waals surface area contributed by atoms with Crippen LogP contribution in [0.25, 0.3) is 56.0 Å². The van der Waals surface area contributed by atoms with Crippen LogP contribution in [0, 0.1) is 0 Å². The highest BCUT2D eigenvalue weighted by Gasteiger charge is 2.17. The number of imidazole rings is 1. The Balaban J connectivity index is 1.38. The van der Waals surface area contributed by atoms with Crippen molar-refractivity contribution in [3.05, 3.63) is 65.6 Å². The number of nitrogens with zero attached hydrogens (tertiary/aromatic N) is 5. The van der Waals surface area contributed by atoms with Crippen molar-refractivity contribution in [3.8, 4) is 39.7 Å². The number of benzene rings is 1. The number of H-pyrrole nitrogens is 2. The number of hydrogen-bond acceptors (Lipinski definition) is 7. The van der Waals surface area contributed by atoms with E-state index in [1.54, 1.807) is 23.7 Å². The Hall–Kier alpha value is -4.08. The lowest BCUT2D eigenvalue weighted by Crippen LogP contribution is -2.19. The van der Waals surface area contributed by atoms with Gasteiger partial charge in [-0.05, 0) is 60.8 Å². The summed E-state index contributed by atoms with van der Waals surface area (Å²) in [6.45, 7) is 1.42. The van der Waals surface area contributed by atoms with Crippen molar-refractivity contribution in [2.45, 2.75) is 0 Å². The molecule has 8 nitrogen and oxygen atoms in total. The number of para-hydroxylation sites is 1. The van der Waals surface area contributed by atoms with Crippen LogP contribution in [0.2, 0.25) is 0 Å². The SMILES string of the molecule is CN(C)CCOc1cncc(-c2ccc3[nH]nc(-c4nc5c(-c6ccsc6)cccc5[nH]4)c3n2)c1. The average molecular weight is 482 g/mol. The van der Waals surface area contributed by atoms with Crippen molar-refractivity contribution < 1.29 is 4.74 Å². The molecule has 2 N–H and O–H groups in total. The highest BCUT2D eigenvalue weighted by molar-refractivity contribution is 7.08. The van der Waals surface area contributed by atoms with Crippen molar-refractivity contribution >= 4 is 33.4 Å². The van der Waals surface area contributed by atoms with Crippen LogP contribution in [0.5, 0.6) is 5.75 Å². The molecule has 0 bridgehead atoms. The van der Waals surface area contributed by atoms with E-state index in [0.717, 1.165) is 56.7 Å². The summed E-state index contributed by atoms with van der Waals surface area (Å²) in [5.41, 5.74) is 8.07. The molecule has 0 aliphatic rings. The van der Waals surface area contributed by atoms with Gasteiger partial charge >= 0.3 is 0 Å². The lowest BCUT2D eigenvalue weighted by molar-refractivity contribution is 0.261. The standard InChI is InChI=1S/C26H23N7OS/c1-33(2)9-10-34-18-12-17(13-27-14-18)20-6-7-22-24(28-20)25(32-31-22)26-29-21-5-3-4-19(23(21)30-26)16-8-11-35-15-16/h3-8,11-15H,9-10H2,1-2H3,(H,29,30)(H,31,32). The molecule has 0 amide bonds. The number of aromatic nitrogens is 6. The third kappa shape index (κ3) is 4.16. The van der Waals surface area contributed by atoms with Gasteiger partial charge in [0.05, 0.1) is 28.4 Å². The number of hydrogen-bond donors (Lipinski definition) is 2. The Morgan fingerprint density at radius 1 is 0.971 bits per heavy atom. The Kier molecular flexibility index (Phi) is 5.48. The topological polar surface area (TPSA) is 95.6 Å². The lowest BCUT2D eigenvalue weighted by atomic mass is 10.1. The summed E-state index contributed by atoms with van der Waals surface area (Å²) in [5.74, 6) is 1.40. The molecular weight excluding hydrogens is 458 g/mol. The predicted octanol–water partition coefficient (Wildman–Crippen LogP) is 5.23. The number of thiophene rings is 1. The van der Waals surface area contributed by atoms with E-state index in [2.05, 4.69) is 48.0 Å². The fourth-order valence-corrected chi connectivity index (χ4v) is 4.66. The molecule has 0 fully saturated rings. The molecule has 0 saturated carbocycles. The zero-order valence-corrected chi connectivity index (χ0v) is 20.1. The van der Waals surface area contributed by atoms with Gasteiger partial charge in [0.15, 0.2) is 11.5 Å². The molecule has 0 aliphatic heterocycles. The summed E-state index contributed by atoms with van der Waals surface area (Å²) in [5, 5.41) is 11.8. The van der Waals surface area contributed by atoms with Gasteiger partial charge in [0.2, 0.25) is 0 Å². The molecule has 5 heterocycles. The normalized spacial score (nSPS) is 11.6. The summed E-state index contributed by atoms with van der Waals surface area (Å²) in [7, 11) is 4.04. The van der Waals surface area contributed by atoms with Gasteiger partial charge in [0, 0.05) is 23.9 Å². The summed E-state index contributed by atoms with van der Waals surface area (Å²) in [4.78, 5) is 19.7. The third-order valence-electron chi connectivity index (χ3n) is 5.79. The largest absolute Gasteiger partial charge is 0.491 e. The maximum Gasteiger partial charge on any atom is 0.161 e. The fourth-order valence-electron chi connectivity index (χ4n) is 4.00. The molecule has 6 aromatic rings. The minimum Gasteiger partial charge on any atom is -0.491 e. The molecule has 6 rings (SSSR count). The van der Waals surface area contributed by atoms with E-state index in [0.29, 0.717) is 18.1 Å². The maximum atomic E-state index is 5.86. The summed E-state index contributed by atoms with van der Waals surface area (Å²) in [6, 6.07) is 14.2. The van der Waals surface area contributed by atoms with Crippen LogP contribution in [0.4, 0.5) is 0 Å². The maximum absolute atomic E-state index is 5.86. The first-order valence-corrected chi connectivity index (χ1v) is 12.2. The Morgan fingerprint density at radius 2 is 1.91 bits per heavy atom. The van der Waals surface area contributed by atoms with E-state index >= 15 is 0 Å². The number of fused-ring (bicyclic) bond motifs is 2. The molecule has 1 aromatic carbocycles. The average Bonchev–Trinajstić information content (AvgIpc) is 3.62. The second-order valence-electron chi connectivity index (χ2n) is 8.53. The van der Waals surface area contributed by atoms with Crippen molar-refractivity contribution in [1.29, 1.82) is 0 Å². The van der Waals surface area contributed by atoms with Gasteiger partial charge in [0.1, 0.15) is 17.9 Å². The van der Waals surface area contributed by atoms with E-state index in [1.165, 1.54) is 0 Å². The number of ether oxygens (including phenoxy) is 1. The first kappa shape index (κ1) is 21.5. The summed E-state index contributed by atoms with van der Waals surface area (Å²) >= 11 is 1.67. The molecule has 0 saturated heterocycles. The molecule has 0 spiro atoms. The smallest absolute Gasteiger partial charge is 0.161 e. The highest BCUT2D eigenvalue weighted by atomic mass is 32.1. The van der Waals surface area contributed by atoms with E-state index in [4.69, 9.17) is 14.7 Å². The first-order chi connectivity index (χ1) is 17.2. The van der Waals surface area contributed by atoms with Crippen molar-refractivity contribution in [2.24, 2.45) is 0 Å². The van der Waals surface area contributed by atoms with Crippen molar-refractivity contribution in [1.82, 2.24) is 35.0 Å². The molecule has 9 heteroatoms. The number of nitrogens with one attached hydrogen (secondary N) is 2. The lowest BCUT2D eigenvalue weighted by Gasteiger charge is -2.11. The minimum atomic E-state index is 0.593. The Labute approximate surface area is 205 Å². The van der Waals surface area contributed by atoms with E-state index < -0.39 is 0 Å². The molecule has 0 aliphatic carbocycles. The predicted molar refractivity (Wildman–Crippen MR) is 140 cm³/mol. The van der Waals surface area contributed by atoms with Gasteiger partial charge in [-0.2, -0.15) is 16.4 Å². The van der Waals surface area contributed by atoms with Gasteiger partial charge in [-0.1, -0.05) is 12.1 Å². The van der Waals surface area contributed by atoms with Crippen LogP contribution in [-0.4, -0.2) is 62.3 Å². The van der Waals surface area contributed by atoms with Crippen LogP contribution in [0.1, 0.15) is 0 Å². The van der Waals surface area contributed by atoms with Gasteiger partial charge in [-0.25, -0.2) is 9.97 Å². The van der Waals surface area contributed by atoms with Crippen molar-refractivity contribution in [3.63, 3.8) is 0 Å². The quantitative estimate of drug-likeness (QED) is 0.324. The summed E-state index contributed by atoms with van der Waals surface area (Å²) in [6.07, 6.45) is 3.52. The minimum absolute atomic E-state index is 0.593.